The fourth-order valence-electron chi connectivity index (χ4n) is 2.08. The molecule has 6 nitrogen and oxygen atoms in total. The predicted octanol–water partition coefficient (Wildman–Crippen LogP) is 1.43. The van der Waals surface area contributed by atoms with Crippen LogP contribution < -0.4 is 5.73 Å². The third-order valence-electron chi connectivity index (χ3n) is 3.05. The largest absolute Gasteiger partial charge is 0.383 e. The summed E-state index contributed by atoms with van der Waals surface area (Å²) in [6.45, 7) is 2.85. The first kappa shape index (κ1) is 10.8. The minimum atomic E-state index is 0.611. The summed E-state index contributed by atoms with van der Waals surface area (Å²) in [4.78, 5) is 8.96. The van der Waals surface area contributed by atoms with Gasteiger partial charge in [-0.1, -0.05) is 0 Å². The molecule has 3 aromatic heterocycles. The van der Waals surface area contributed by atoms with Crippen molar-refractivity contribution in [3.63, 3.8) is 0 Å². The highest BCUT2D eigenvalue weighted by atomic mass is 15.3. The molecule has 0 saturated heterocycles. The van der Waals surface area contributed by atoms with Crippen molar-refractivity contribution in [1.29, 1.82) is 0 Å². The third-order valence-corrected chi connectivity index (χ3v) is 3.05. The zero-order valence-corrected chi connectivity index (χ0v) is 10.3. The monoisotopic (exact) mass is 242 g/mol. The number of anilines is 1. The van der Waals surface area contributed by atoms with Crippen LogP contribution >= 0.6 is 0 Å². The number of nitrogens with zero attached hydrogens (tertiary/aromatic N) is 5. The average molecular weight is 242 g/mol. The number of aryl methyl sites for hydroxylation is 2. The van der Waals surface area contributed by atoms with E-state index in [9.17, 15) is 0 Å². The summed E-state index contributed by atoms with van der Waals surface area (Å²) in [7, 11) is 1.82. The van der Waals surface area contributed by atoms with Crippen molar-refractivity contribution in [2.24, 2.45) is 7.05 Å². The van der Waals surface area contributed by atoms with Crippen LogP contribution in [0.1, 0.15) is 6.92 Å². The molecule has 2 N–H and O–H groups in total. The molecule has 0 aliphatic rings. The van der Waals surface area contributed by atoms with Crippen molar-refractivity contribution < 1.29 is 0 Å². The molecule has 0 amide bonds. The lowest BCUT2D eigenvalue weighted by Crippen LogP contribution is -2.02. The van der Waals surface area contributed by atoms with E-state index in [1.165, 1.54) is 0 Å². The summed E-state index contributed by atoms with van der Waals surface area (Å²) in [5.41, 5.74) is 8.60. The molecule has 3 aromatic rings. The van der Waals surface area contributed by atoms with E-state index in [4.69, 9.17) is 5.73 Å². The van der Waals surface area contributed by atoms with Crippen LogP contribution in [0.15, 0.2) is 24.5 Å². The fourth-order valence-corrected chi connectivity index (χ4v) is 2.08. The van der Waals surface area contributed by atoms with Gasteiger partial charge >= 0.3 is 0 Å². The summed E-state index contributed by atoms with van der Waals surface area (Å²) < 4.78 is 3.69. The Morgan fingerprint density at radius 2 is 2.22 bits per heavy atom. The molecule has 0 unspecified atom stereocenters. The molecule has 6 heteroatoms. The summed E-state index contributed by atoms with van der Waals surface area (Å²) in [5, 5.41) is 4.16. The number of hydrogen-bond donors (Lipinski definition) is 1. The zero-order chi connectivity index (χ0) is 12.7. The molecule has 0 spiro atoms. The normalized spacial score (nSPS) is 11.2. The van der Waals surface area contributed by atoms with Crippen molar-refractivity contribution in [3.05, 3.63) is 24.5 Å². The number of imidazole rings is 1. The van der Waals surface area contributed by atoms with E-state index in [-0.39, 0.29) is 0 Å². The molecule has 18 heavy (non-hydrogen) atoms. The van der Waals surface area contributed by atoms with Gasteiger partial charge in [-0.15, -0.1) is 0 Å². The van der Waals surface area contributed by atoms with E-state index in [2.05, 4.69) is 22.0 Å². The fraction of sp³-hybridized carbons (Fsp3) is 0.250. The van der Waals surface area contributed by atoms with Crippen LogP contribution in [0.3, 0.4) is 0 Å². The highest BCUT2D eigenvalue weighted by Gasteiger charge is 2.16. The van der Waals surface area contributed by atoms with Gasteiger partial charge in [0, 0.05) is 19.8 Å². The van der Waals surface area contributed by atoms with E-state index >= 15 is 0 Å². The van der Waals surface area contributed by atoms with Gasteiger partial charge in [-0.3, -0.25) is 4.68 Å². The summed E-state index contributed by atoms with van der Waals surface area (Å²) >= 11 is 0. The molecule has 0 aliphatic carbocycles. The standard InChI is InChI=1S/C12H14N6/c1-3-18-11(8-7-15-17(2)10(8)13)16-9-5-4-6-14-12(9)18/h4-7H,3,13H2,1-2H3. The molecular weight excluding hydrogens is 228 g/mol. The molecule has 92 valence electrons. The quantitative estimate of drug-likeness (QED) is 0.737. The Morgan fingerprint density at radius 3 is 2.89 bits per heavy atom. The number of pyridine rings is 1. The Balaban J connectivity index is 2.32. The molecule has 0 fully saturated rings. The maximum absolute atomic E-state index is 6.01. The van der Waals surface area contributed by atoms with E-state index < -0.39 is 0 Å². The smallest absolute Gasteiger partial charge is 0.160 e. The number of nitrogens with two attached hydrogens (primary N) is 1. The van der Waals surface area contributed by atoms with Crippen molar-refractivity contribution in [2.45, 2.75) is 13.5 Å². The van der Waals surface area contributed by atoms with Gasteiger partial charge in [-0.2, -0.15) is 5.10 Å². The molecule has 3 rings (SSSR count). The van der Waals surface area contributed by atoms with E-state index in [0.717, 1.165) is 29.1 Å². The minimum Gasteiger partial charge on any atom is -0.383 e. The van der Waals surface area contributed by atoms with Crippen molar-refractivity contribution >= 4 is 17.0 Å². The molecule has 0 aromatic carbocycles. The van der Waals surface area contributed by atoms with Gasteiger partial charge in [0.15, 0.2) is 5.65 Å². The van der Waals surface area contributed by atoms with Gasteiger partial charge in [-0.25, -0.2) is 9.97 Å². The molecule has 0 saturated carbocycles. The molecule has 0 bridgehead atoms. The predicted molar refractivity (Wildman–Crippen MR) is 69.8 cm³/mol. The van der Waals surface area contributed by atoms with Crippen LogP contribution in [0, 0.1) is 0 Å². The first-order valence-corrected chi connectivity index (χ1v) is 5.81. The molecule has 0 atom stereocenters. The molecule has 0 radical (unpaired) electrons. The number of aromatic nitrogens is 5. The van der Waals surface area contributed by atoms with Crippen LogP contribution in [-0.2, 0) is 13.6 Å². The zero-order valence-electron chi connectivity index (χ0n) is 10.3. The topological polar surface area (TPSA) is 74.5 Å². The van der Waals surface area contributed by atoms with E-state index in [1.54, 1.807) is 17.1 Å². The minimum absolute atomic E-state index is 0.611. The van der Waals surface area contributed by atoms with Crippen LogP contribution in [0.5, 0.6) is 0 Å². The molecule has 0 aliphatic heterocycles. The second-order valence-corrected chi connectivity index (χ2v) is 4.09. The summed E-state index contributed by atoms with van der Waals surface area (Å²) in [5.74, 6) is 1.43. The second kappa shape index (κ2) is 3.83. The number of nitrogen functional groups attached to an aromatic ring is 1. The van der Waals surface area contributed by atoms with Crippen molar-refractivity contribution in [1.82, 2.24) is 24.3 Å². The first-order valence-electron chi connectivity index (χ1n) is 5.81. The number of hydrogen-bond acceptors (Lipinski definition) is 4. The summed E-state index contributed by atoms with van der Waals surface area (Å²) in [6, 6.07) is 3.83. The third kappa shape index (κ3) is 1.38. The van der Waals surface area contributed by atoms with Crippen LogP contribution in [0.25, 0.3) is 22.6 Å². The molecule has 3 heterocycles. The van der Waals surface area contributed by atoms with Gasteiger partial charge in [0.05, 0.1) is 11.8 Å². The summed E-state index contributed by atoms with van der Waals surface area (Å²) in [6.07, 6.45) is 3.51. The van der Waals surface area contributed by atoms with Crippen LogP contribution in [0.2, 0.25) is 0 Å². The lowest BCUT2D eigenvalue weighted by molar-refractivity contribution is 0.778. The molecular formula is C12H14N6. The van der Waals surface area contributed by atoms with E-state index in [1.807, 2.05) is 23.7 Å². The maximum atomic E-state index is 6.01. The van der Waals surface area contributed by atoms with Gasteiger partial charge in [0.25, 0.3) is 0 Å². The van der Waals surface area contributed by atoms with Crippen molar-refractivity contribution in [2.75, 3.05) is 5.73 Å². The Hall–Kier alpha value is -2.37. The Morgan fingerprint density at radius 1 is 1.39 bits per heavy atom. The highest BCUT2D eigenvalue weighted by molar-refractivity contribution is 5.79. The Labute approximate surface area is 104 Å². The van der Waals surface area contributed by atoms with Crippen LogP contribution in [0.4, 0.5) is 5.82 Å². The van der Waals surface area contributed by atoms with Gasteiger partial charge in [0.2, 0.25) is 0 Å². The van der Waals surface area contributed by atoms with Crippen molar-refractivity contribution in [3.8, 4) is 11.4 Å². The Kier molecular flexibility index (Phi) is 2.29. The number of fused-ring (bicyclic) bond motifs is 1. The average Bonchev–Trinajstić information content (AvgIpc) is 2.91. The SMILES string of the molecule is CCn1c(-c2cnn(C)c2N)nc2cccnc21. The van der Waals surface area contributed by atoms with Gasteiger partial charge < -0.3 is 10.3 Å². The van der Waals surface area contributed by atoms with Gasteiger partial charge in [-0.05, 0) is 19.1 Å². The highest BCUT2D eigenvalue weighted by Crippen LogP contribution is 2.27. The number of rotatable bonds is 2. The maximum Gasteiger partial charge on any atom is 0.160 e. The van der Waals surface area contributed by atoms with Gasteiger partial charge in [0.1, 0.15) is 17.2 Å². The lowest BCUT2D eigenvalue weighted by Gasteiger charge is -2.04. The lowest BCUT2D eigenvalue weighted by atomic mass is 10.3. The first-order chi connectivity index (χ1) is 8.72. The second-order valence-electron chi connectivity index (χ2n) is 4.09. The Bertz CT molecular complexity index is 709. The van der Waals surface area contributed by atoms with E-state index in [0.29, 0.717) is 5.82 Å². The van der Waals surface area contributed by atoms with Crippen LogP contribution in [-0.4, -0.2) is 24.3 Å².